The second-order valence-corrected chi connectivity index (χ2v) is 5.90. The monoisotopic (exact) mass is 273 g/mol. The van der Waals surface area contributed by atoms with Crippen molar-refractivity contribution in [1.29, 1.82) is 0 Å². The van der Waals surface area contributed by atoms with Crippen LogP contribution in [-0.4, -0.2) is 16.9 Å². The third kappa shape index (κ3) is 2.52. The molecule has 1 aromatic heterocycles. The number of hydrogen-bond acceptors (Lipinski definition) is 4. The van der Waals surface area contributed by atoms with Crippen LogP contribution in [0.5, 0.6) is 0 Å². The third-order valence-corrected chi connectivity index (χ3v) is 4.16. The largest absolute Gasteiger partial charge is 0.324 e. The zero-order chi connectivity index (χ0) is 13.4. The molecule has 1 aromatic carbocycles. The summed E-state index contributed by atoms with van der Waals surface area (Å²) in [4.78, 5) is 16.5. The predicted octanol–water partition coefficient (Wildman–Crippen LogP) is 2.45. The molecule has 3 rings (SSSR count). The lowest BCUT2D eigenvalue weighted by Crippen LogP contribution is -2.23. The first-order chi connectivity index (χ1) is 9.11. The second kappa shape index (κ2) is 4.75. The Morgan fingerprint density at radius 2 is 2.32 bits per heavy atom. The van der Waals surface area contributed by atoms with Crippen LogP contribution in [0.4, 0.5) is 5.13 Å². The summed E-state index contributed by atoms with van der Waals surface area (Å²) in [6.07, 6.45) is 4.43. The van der Waals surface area contributed by atoms with E-state index in [-0.39, 0.29) is 17.9 Å². The highest BCUT2D eigenvalue weighted by atomic mass is 32.1. The molecule has 0 bridgehead atoms. The van der Waals surface area contributed by atoms with E-state index in [4.69, 9.17) is 5.73 Å². The predicted molar refractivity (Wildman–Crippen MR) is 78.2 cm³/mol. The Labute approximate surface area is 115 Å². The summed E-state index contributed by atoms with van der Waals surface area (Å²) in [6, 6.07) is 6.07. The Morgan fingerprint density at radius 3 is 3.05 bits per heavy atom. The van der Waals surface area contributed by atoms with Crippen molar-refractivity contribution >= 4 is 32.6 Å². The smallest absolute Gasteiger partial charge is 0.233 e. The molecule has 1 aliphatic rings. The molecule has 98 valence electrons. The Morgan fingerprint density at radius 1 is 1.47 bits per heavy atom. The highest BCUT2D eigenvalue weighted by molar-refractivity contribution is 7.22. The van der Waals surface area contributed by atoms with E-state index in [1.807, 2.05) is 31.2 Å². The minimum Gasteiger partial charge on any atom is -0.324 e. The van der Waals surface area contributed by atoms with Crippen molar-refractivity contribution in [2.24, 2.45) is 11.7 Å². The maximum Gasteiger partial charge on any atom is 0.233 e. The number of hydrogen-bond donors (Lipinski definition) is 2. The quantitative estimate of drug-likeness (QED) is 0.826. The minimum atomic E-state index is -0.135. The maximum atomic E-state index is 12.1. The molecule has 2 unspecified atom stereocenters. The zero-order valence-electron chi connectivity index (χ0n) is 10.6. The molecule has 19 heavy (non-hydrogen) atoms. The fourth-order valence-corrected chi connectivity index (χ4v) is 3.17. The fourth-order valence-electron chi connectivity index (χ4n) is 2.21. The van der Waals surface area contributed by atoms with E-state index in [9.17, 15) is 4.79 Å². The zero-order valence-corrected chi connectivity index (χ0v) is 11.4. The number of carbonyl (C=O) groups excluding carboxylic acids is 1. The molecule has 0 saturated heterocycles. The molecule has 5 heteroatoms. The average Bonchev–Trinajstić information content (AvgIpc) is 2.94. The number of carbonyl (C=O) groups is 1. The molecule has 0 radical (unpaired) electrons. The first kappa shape index (κ1) is 12.3. The maximum absolute atomic E-state index is 12.1. The number of benzene rings is 1. The van der Waals surface area contributed by atoms with Crippen LogP contribution in [0.1, 0.15) is 12.0 Å². The van der Waals surface area contributed by atoms with E-state index in [1.165, 1.54) is 16.9 Å². The van der Waals surface area contributed by atoms with Gasteiger partial charge in [0.15, 0.2) is 5.13 Å². The van der Waals surface area contributed by atoms with Gasteiger partial charge in [0.1, 0.15) is 0 Å². The van der Waals surface area contributed by atoms with E-state index in [0.29, 0.717) is 11.6 Å². The fraction of sp³-hybridized carbons (Fsp3) is 0.286. The first-order valence-corrected chi connectivity index (χ1v) is 7.05. The van der Waals surface area contributed by atoms with Crippen molar-refractivity contribution < 1.29 is 4.79 Å². The van der Waals surface area contributed by atoms with Gasteiger partial charge in [-0.15, -0.1) is 0 Å². The lowest BCUT2D eigenvalue weighted by molar-refractivity contribution is -0.118. The first-order valence-electron chi connectivity index (χ1n) is 6.24. The number of nitrogens with zero attached hydrogens (tertiary/aromatic N) is 1. The standard InChI is InChI=1S/C14H15N3OS/c1-8-2-5-11-12(6-8)19-14(16-11)17-13(18)9-3-4-10(15)7-9/h2-6,9-10H,7,15H2,1H3,(H,16,17,18). The molecule has 0 aliphatic heterocycles. The van der Waals surface area contributed by atoms with Gasteiger partial charge in [-0.1, -0.05) is 29.6 Å². The molecule has 0 saturated carbocycles. The van der Waals surface area contributed by atoms with Crippen molar-refractivity contribution in [3.8, 4) is 0 Å². The summed E-state index contributed by atoms with van der Waals surface area (Å²) in [6.45, 7) is 2.04. The molecule has 3 N–H and O–H groups in total. The molecular formula is C14H15N3OS. The molecule has 4 nitrogen and oxygen atoms in total. The number of nitrogens with two attached hydrogens (primary N) is 1. The molecule has 1 heterocycles. The Bertz CT molecular complexity index is 662. The summed E-state index contributed by atoms with van der Waals surface area (Å²) in [5.74, 6) is -0.163. The van der Waals surface area contributed by atoms with Crippen molar-refractivity contribution in [3.63, 3.8) is 0 Å². The lowest BCUT2D eigenvalue weighted by atomic mass is 10.1. The van der Waals surface area contributed by atoms with E-state index >= 15 is 0 Å². The van der Waals surface area contributed by atoms with Crippen LogP contribution in [0, 0.1) is 12.8 Å². The van der Waals surface area contributed by atoms with Crippen LogP contribution >= 0.6 is 11.3 Å². The van der Waals surface area contributed by atoms with Gasteiger partial charge in [0.25, 0.3) is 0 Å². The van der Waals surface area contributed by atoms with E-state index < -0.39 is 0 Å². The molecule has 1 aliphatic carbocycles. The number of rotatable bonds is 2. The van der Waals surface area contributed by atoms with Gasteiger partial charge in [-0.25, -0.2) is 4.98 Å². The number of nitrogens with one attached hydrogen (secondary N) is 1. The topological polar surface area (TPSA) is 68.0 Å². The number of aryl methyl sites for hydroxylation is 1. The summed E-state index contributed by atoms with van der Waals surface area (Å²) in [5.41, 5.74) is 7.87. The number of aromatic nitrogens is 1. The van der Waals surface area contributed by atoms with Gasteiger partial charge in [-0.3, -0.25) is 4.79 Å². The number of anilines is 1. The van der Waals surface area contributed by atoms with Crippen LogP contribution in [0.25, 0.3) is 10.2 Å². The van der Waals surface area contributed by atoms with Crippen molar-refractivity contribution in [2.75, 3.05) is 5.32 Å². The van der Waals surface area contributed by atoms with E-state index in [2.05, 4.69) is 16.4 Å². The minimum absolute atomic E-state index is 0.00577. The summed E-state index contributed by atoms with van der Waals surface area (Å²) < 4.78 is 1.09. The molecule has 2 atom stereocenters. The second-order valence-electron chi connectivity index (χ2n) is 4.87. The lowest BCUT2D eigenvalue weighted by Gasteiger charge is -2.07. The highest BCUT2D eigenvalue weighted by Crippen LogP contribution is 2.27. The van der Waals surface area contributed by atoms with Gasteiger partial charge in [-0.05, 0) is 31.0 Å². The number of thiazole rings is 1. The Kier molecular flexibility index (Phi) is 3.08. The van der Waals surface area contributed by atoms with Crippen LogP contribution in [0.2, 0.25) is 0 Å². The Balaban J connectivity index is 1.78. The average molecular weight is 273 g/mol. The van der Waals surface area contributed by atoms with E-state index in [1.54, 1.807) is 0 Å². The van der Waals surface area contributed by atoms with Gasteiger partial charge in [0.05, 0.1) is 16.1 Å². The van der Waals surface area contributed by atoms with Gasteiger partial charge < -0.3 is 11.1 Å². The highest BCUT2D eigenvalue weighted by Gasteiger charge is 2.23. The van der Waals surface area contributed by atoms with Crippen molar-refractivity contribution in [2.45, 2.75) is 19.4 Å². The molecular weight excluding hydrogens is 258 g/mol. The summed E-state index contributed by atoms with van der Waals surface area (Å²) in [5, 5.41) is 3.53. The number of fused-ring (bicyclic) bond motifs is 1. The van der Waals surface area contributed by atoms with Crippen LogP contribution in [-0.2, 0) is 4.79 Å². The van der Waals surface area contributed by atoms with Crippen molar-refractivity contribution in [3.05, 3.63) is 35.9 Å². The van der Waals surface area contributed by atoms with Gasteiger partial charge in [0.2, 0.25) is 5.91 Å². The normalized spacial score (nSPS) is 22.0. The summed E-state index contributed by atoms with van der Waals surface area (Å²) >= 11 is 1.50. The van der Waals surface area contributed by atoms with Crippen LogP contribution in [0.3, 0.4) is 0 Å². The van der Waals surface area contributed by atoms with Crippen LogP contribution in [0.15, 0.2) is 30.4 Å². The Hall–Kier alpha value is -1.72. The molecule has 0 spiro atoms. The molecule has 1 amide bonds. The molecule has 2 aromatic rings. The summed E-state index contributed by atoms with van der Waals surface area (Å²) in [7, 11) is 0. The van der Waals surface area contributed by atoms with Crippen molar-refractivity contribution in [1.82, 2.24) is 4.98 Å². The van der Waals surface area contributed by atoms with Gasteiger partial charge in [0, 0.05) is 6.04 Å². The third-order valence-electron chi connectivity index (χ3n) is 3.23. The SMILES string of the molecule is Cc1ccc2nc(NC(=O)C3C=CC(N)C3)sc2c1. The van der Waals surface area contributed by atoms with E-state index in [0.717, 1.165) is 10.2 Å². The van der Waals surface area contributed by atoms with Crippen LogP contribution < -0.4 is 11.1 Å². The van der Waals surface area contributed by atoms with Gasteiger partial charge in [-0.2, -0.15) is 0 Å². The molecule has 0 fully saturated rings. The van der Waals surface area contributed by atoms with Gasteiger partial charge >= 0.3 is 0 Å². The number of amides is 1.